The summed E-state index contributed by atoms with van der Waals surface area (Å²) in [5.41, 5.74) is 5.83. The molecular formula is C14H22N4O. The van der Waals surface area contributed by atoms with Crippen LogP contribution < -0.4 is 11.1 Å². The summed E-state index contributed by atoms with van der Waals surface area (Å²) in [6.07, 6.45) is 5.91. The van der Waals surface area contributed by atoms with Crippen LogP contribution >= 0.6 is 0 Å². The van der Waals surface area contributed by atoms with E-state index in [0.29, 0.717) is 30.2 Å². The number of nitrogen functional groups attached to an aromatic ring is 1. The van der Waals surface area contributed by atoms with E-state index in [0.717, 1.165) is 24.6 Å². The monoisotopic (exact) mass is 262 g/mol. The van der Waals surface area contributed by atoms with Crippen molar-refractivity contribution in [3.8, 4) is 0 Å². The van der Waals surface area contributed by atoms with Crippen LogP contribution in [0.25, 0.3) is 0 Å². The molecule has 2 unspecified atom stereocenters. The third-order valence-electron chi connectivity index (χ3n) is 4.30. The maximum Gasteiger partial charge on any atom is 0.136 e. The summed E-state index contributed by atoms with van der Waals surface area (Å²) in [7, 11) is 0. The molecule has 2 aliphatic rings. The molecule has 0 radical (unpaired) electrons. The highest BCUT2D eigenvalue weighted by atomic mass is 16.3. The van der Waals surface area contributed by atoms with Gasteiger partial charge in [0.2, 0.25) is 0 Å². The molecule has 1 aromatic heterocycles. The fourth-order valence-electron chi connectivity index (χ4n) is 2.96. The Hall–Kier alpha value is -1.36. The molecule has 0 bridgehead atoms. The first-order chi connectivity index (χ1) is 9.26. The van der Waals surface area contributed by atoms with Gasteiger partial charge in [0.25, 0.3) is 0 Å². The minimum absolute atomic E-state index is 0.297. The van der Waals surface area contributed by atoms with Gasteiger partial charge in [-0.15, -0.1) is 0 Å². The lowest BCUT2D eigenvalue weighted by atomic mass is 9.97. The van der Waals surface area contributed by atoms with Crippen molar-refractivity contribution in [3.63, 3.8) is 0 Å². The predicted molar refractivity (Wildman–Crippen MR) is 74.8 cm³/mol. The maximum absolute atomic E-state index is 9.33. The van der Waals surface area contributed by atoms with Crippen molar-refractivity contribution >= 4 is 11.6 Å². The SMILES string of the molecule is Nc1cc(NCC2CCCC2CO)nc(C2CC2)n1. The first-order valence-corrected chi connectivity index (χ1v) is 7.25. The molecule has 3 rings (SSSR count). The third-order valence-corrected chi connectivity index (χ3v) is 4.30. The summed E-state index contributed by atoms with van der Waals surface area (Å²) in [4.78, 5) is 8.84. The highest BCUT2D eigenvalue weighted by molar-refractivity contribution is 5.45. The molecule has 5 heteroatoms. The molecular weight excluding hydrogens is 240 g/mol. The van der Waals surface area contributed by atoms with E-state index in [2.05, 4.69) is 15.3 Å². The first-order valence-electron chi connectivity index (χ1n) is 7.25. The number of hydrogen-bond acceptors (Lipinski definition) is 5. The number of aliphatic hydroxyl groups is 1. The van der Waals surface area contributed by atoms with E-state index in [-0.39, 0.29) is 0 Å². The largest absolute Gasteiger partial charge is 0.396 e. The van der Waals surface area contributed by atoms with Crippen LogP contribution in [0, 0.1) is 11.8 Å². The Morgan fingerprint density at radius 3 is 2.74 bits per heavy atom. The van der Waals surface area contributed by atoms with Gasteiger partial charge in [-0.05, 0) is 37.5 Å². The first kappa shape index (κ1) is 12.7. The molecule has 1 heterocycles. The molecule has 104 valence electrons. The fraction of sp³-hybridized carbons (Fsp3) is 0.714. The van der Waals surface area contributed by atoms with Crippen molar-refractivity contribution in [3.05, 3.63) is 11.9 Å². The predicted octanol–water partition coefficient (Wildman–Crippen LogP) is 1.76. The van der Waals surface area contributed by atoms with Crippen LogP contribution in [0.5, 0.6) is 0 Å². The van der Waals surface area contributed by atoms with E-state index >= 15 is 0 Å². The van der Waals surface area contributed by atoms with Crippen molar-refractivity contribution in [2.24, 2.45) is 11.8 Å². The van der Waals surface area contributed by atoms with Crippen LogP contribution in [-0.4, -0.2) is 28.2 Å². The number of rotatable bonds is 5. The van der Waals surface area contributed by atoms with Crippen LogP contribution in [0.3, 0.4) is 0 Å². The Morgan fingerprint density at radius 2 is 2.00 bits per heavy atom. The number of hydrogen-bond donors (Lipinski definition) is 3. The zero-order valence-electron chi connectivity index (χ0n) is 11.2. The van der Waals surface area contributed by atoms with Gasteiger partial charge < -0.3 is 16.2 Å². The van der Waals surface area contributed by atoms with Crippen molar-refractivity contribution < 1.29 is 5.11 Å². The van der Waals surface area contributed by atoms with E-state index in [1.165, 1.54) is 25.7 Å². The summed E-state index contributed by atoms with van der Waals surface area (Å²) in [6, 6.07) is 1.80. The molecule has 1 aromatic rings. The molecule has 4 N–H and O–H groups in total. The Labute approximate surface area is 113 Å². The molecule has 2 atom stereocenters. The van der Waals surface area contributed by atoms with Crippen LogP contribution in [0.1, 0.15) is 43.8 Å². The third kappa shape index (κ3) is 2.97. The van der Waals surface area contributed by atoms with Gasteiger partial charge in [-0.2, -0.15) is 0 Å². The number of anilines is 2. The number of aromatic nitrogens is 2. The van der Waals surface area contributed by atoms with Crippen molar-refractivity contribution in [1.82, 2.24) is 9.97 Å². The number of aliphatic hydroxyl groups excluding tert-OH is 1. The average molecular weight is 262 g/mol. The minimum Gasteiger partial charge on any atom is -0.396 e. The Kier molecular flexibility index (Phi) is 3.55. The van der Waals surface area contributed by atoms with Crippen molar-refractivity contribution in [2.45, 2.75) is 38.0 Å². The minimum atomic E-state index is 0.297. The smallest absolute Gasteiger partial charge is 0.136 e. The Bertz CT molecular complexity index is 447. The summed E-state index contributed by atoms with van der Waals surface area (Å²) >= 11 is 0. The standard InChI is InChI=1S/C14H22N4O/c15-12-6-13(18-14(17-12)9-4-5-9)16-7-10-2-1-3-11(10)8-19/h6,9-11,19H,1-5,7-8H2,(H3,15,16,17,18). The van der Waals surface area contributed by atoms with Gasteiger partial charge in [0.05, 0.1) is 0 Å². The van der Waals surface area contributed by atoms with Crippen LogP contribution in [-0.2, 0) is 0 Å². The van der Waals surface area contributed by atoms with Crippen LogP contribution in [0.4, 0.5) is 11.6 Å². The van der Waals surface area contributed by atoms with Crippen LogP contribution in [0.2, 0.25) is 0 Å². The number of nitrogens with zero attached hydrogens (tertiary/aromatic N) is 2. The van der Waals surface area contributed by atoms with Gasteiger partial charge in [0.15, 0.2) is 0 Å². The summed E-state index contributed by atoms with van der Waals surface area (Å²) in [5, 5.41) is 12.7. The lowest BCUT2D eigenvalue weighted by molar-refractivity contribution is 0.199. The topological polar surface area (TPSA) is 84.1 Å². The normalized spacial score (nSPS) is 26.6. The average Bonchev–Trinajstić information content (AvgIpc) is 3.15. The molecule has 2 aliphatic carbocycles. The molecule has 2 fully saturated rings. The molecule has 0 aliphatic heterocycles. The van der Waals surface area contributed by atoms with Crippen LogP contribution in [0.15, 0.2) is 6.07 Å². The van der Waals surface area contributed by atoms with E-state index in [1.54, 1.807) is 6.07 Å². The summed E-state index contributed by atoms with van der Waals surface area (Å²) in [5.74, 6) is 3.76. The van der Waals surface area contributed by atoms with E-state index in [9.17, 15) is 5.11 Å². The lowest BCUT2D eigenvalue weighted by Gasteiger charge is -2.18. The van der Waals surface area contributed by atoms with E-state index < -0.39 is 0 Å². The van der Waals surface area contributed by atoms with Crippen molar-refractivity contribution in [2.75, 3.05) is 24.2 Å². The van der Waals surface area contributed by atoms with Gasteiger partial charge in [-0.25, -0.2) is 9.97 Å². The zero-order valence-corrected chi connectivity index (χ0v) is 11.2. The van der Waals surface area contributed by atoms with Gasteiger partial charge in [0.1, 0.15) is 17.5 Å². The summed E-state index contributed by atoms with van der Waals surface area (Å²) in [6.45, 7) is 1.16. The Morgan fingerprint density at radius 1 is 1.21 bits per heavy atom. The van der Waals surface area contributed by atoms with Gasteiger partial charge >= 0.3 is 0 Å². The molecule has 2 saturated carbocycles. The second-order valence-electron chi connectivity index (χ2n) is 5.83. The second-order valence-corrected chi connectivity index (χ2v) is 5.83. The second kappa shape index (κ2) is 5.33. The van der Waals surface area contributed by atoms with Crippen molar-refractivity contribution in [1.29, 1.82) is 0 Å². The molecule has 0 amide bonds. The molecule has 0 spiro atoms. The van der Waals surface area contributed by atoms with E-state index in [1.807, 2.05) is 0 Å². The highest BCUT2D eigenvalue weighted by Gasteiger charge is 2.28. The van der Waals surface area contributed by atoms with E-state index in [4.69, 9.17) is 5.73 Å². The van der Waals surface area contributed by atoms with Gasteiger partial charge in [-0.1, -0.05) is 6.42 Å². The number of nitrogens with two attached hydrogens (primary N) is 1. The molecule has 19 heavy (non-hydrogen) atoms. The number of nitrogens with one attached hydrogen (secondary N) is 1. The molecule has 0 saturated heterocycles. The summed E-state index contributed by atoms with van der Waals surface area (Å²) < 4.78 is 0. The van der Waals surface area contributed by atoms with Gasteiger partial charge in [0, 0.05) is 25.1 Å². The zero-order chi connectivity index (χ0) is 13.2. The highest BCUT2D eigenvalue weighted by Crippen LogP contribution is 2.38. The molecule has 5 nitrogen and oxygen atoms in total. The lowest BCUT2D eigenvalue weighted by Crippen LogP contribution is -2.21. The quantitative estimate of drug-likeness (QED) is 0.753. The van der Waals surface area contributed by atoms with Gasteiger partial charge in [-0.3, -0.25) is 0 Å². The molecule has 0 aromatic carbocycles. The maximum atomic E-state index is 9.33. The Balaban J connectivity index is 1.63. The fourth-order valence-corrected chi connectivity index (χ4v) is 2.96.